The Morgan fingerprint density at radius 3 is 2.79 bits per heavy atom. The maximum atomic E-state index is 11.5. The van der Waals surface area contributed by atoms with Crippen LogP contribution in [0.5, 0.6) is 0 Å². The summed E-state index contributed by atoms with van der Waals surface area (Å²) >= 11 is 1.35. The molecule has 0 bridgehead atoms. The van der Waals surface area contributed by atoms with Crippen LogP contribution in [0.4, 0.5) is 4.79 Å². The van der Waals surface area contributed by atoms with E-state index in [4.69, 9.17) is 5.73 Å². The molecule has 2 heterocycles. The zero-order valence-electron chi connectivity index (χ0n) is 7.11. The number of carbonyl (C=O) groups is 2. The van der Waals surface area contributed by atoms with Crippen LogP contribution in [0.3, 0.4) is 0 Å². The second-order valence-corrected chi connectivity index (χ2v) is 3.61. The third kappa shape index (κ3) is 1.10. The van der Waals surface area contributed by atoms with Crippen molar-refractivity contribution in [2.45, 2.75) is 5.54 Å². The summed E-state index contributed by atoms with van der Waals surface area (Å²) < 4.78 is 0. The lowest BCUT2D eigenvalue weighted by Crippen LogP contribution is -2.50. The molecule has 4 N–H and O–H groups in total. The first kappa shape index (κ1) is 9.10. The van der Waals surface area contributed by atoms with E-state index in [0.29, 0.717) is 5.69 Å². The summed E-state index contributed by atoms with van der Waals surface area (Å²) in [6.45, 7) is -0.00565. The number of hydrogen-bond acceptors (Lipinski definition) is 5. The van der Waals surface area contributed by atoms with Gasteiger partial charge in [0.2, 0.25) is 0 Å². The van der Waals surface area contributed by atoms with E-state index < -0.39 is 17.5 Å². The minimum absolute atomic E-state index is 0.00565. The molecule has 0 aliphatic carbocycles. The van der Waals surface area contributed by atoms with Gasteiger partial charge in [0, 0.05) is 11.9 Å². The molecule has 2 rings (SSSR count). The zero-order chi connectivity index (χ0) is 10.2. The van der Waals surface area contributed by atoms with Crippen molar-refractivity contribution < 1.29 is 9.59 Å². The van der Waals surface area contributed by atoms with Crippen LogP contribution in [0.1, 0.15) is 5.69 Å². The van der Waals surface area contributed by atoms with Crippen LogP contribution < -0.4 is 16.4 Å². The average molecular weight is 212 g/mol. The fourth-order valence-electron chi connectivity index (χ4n) is 1.34. The third-order valence-corrected chi connectivity index (χ3v) is 2.70. The molecule has 1 atom stereocenters. The van der Waals surface area contributed by atoms with Crippen molar-refractivity contribution >= 4 is 23.3 Å². The van der Waals surface area contributed by atoms with Gasteiger partial charge in [0.1, 0.15) is 0 Å². The number of nitrogens with two attached hydrogens (primary N) is 1. The van der Waals surface area contributed by atoms with Crippen molar-refractivity contribution in [3.63, 3.8) is 0 Å². The van der Waals surface area contributed by atoms with Crippen molar-refractivity contribution in [3.05, 3.63) is 16.6 Å². The predicted octanol–water partition coefficient (Wildman–Crippen LogP) is -0.864. The molecular formula is C7H8N4O2S. The highest BCUT2D eigenvalue weighted by Gasteiger charge is 2.48. The molecule has 0 saturated carbocycles. The largest absolute Gasteiger partial charge is 0.327 e. The Morgan fingerprint density at radius 1 is 1.57 bits per heavy atom. The summed E-state index contributed by atoms with van der Waals surface area (Å²) in [5.41, 5.74) is 6.39. The van der Waals surface area contributed by atoms with Gasteiger partial charge in [0.15, 0.2) is 5.54 Å². The van der Waals surface area contributed by atoms with Crippen LogP contribution in [-0.4, -0.2) is 23.5 Å². The maximum absolute atomic E-state index is 11.5. The number of thiazole rings is 1. The van der Waals surface area contributed by atoms with Gasteiger partial charge in [-0.3, -0.25) is 10.1 Å². The van der Waals surface area contributed by atoms with Crippen LogP contribution in [0, 0.1) is 0 Å². The van der Waals surface area contributed by atoms with Crippen LogP contribution in [0.2, 0.25) is 0 Å². The molecule has 0 radical (unpaired) electrons. The summed E-state index contributed by atoms with van der Waals surface area (Å²) in [6, 6.07) is -0.534. The molecule has 1 saturated heterocycles. The molecule has 1 unspecified atom stereocenters. The molecule has 7 heteroatoms. The van der Waals surface area contributed by atoms with Gasteiger partial charge in [-0.15, -0.1) is 11.3 Å². The van der Waals surface area contributed by atoms with E-state index in [9.17, 15) is 9.59 Å². The Balaban J connectivity index is 2.45. The number of aromatic nitrogens is 1. The molecule has 1 aromatic rings. The van der Waals surface area contributed by atoms with E-state index in [-0.39, 0.29) is 6.54 Å². The molecule has 3 amide bonds. The summed E-state index contributed by atoms with van der Waals surface area (Å²) in [6.07, 6.45) is 0. The Hall–Kier alpha value is -1.47. The lowest BCUT2D eigenvalue weighted by Gasteiger charge is -2.21. The number of carbonyl (C=O) groups excluding carboxylic acids is 2. The summed E-state index contributed by atoms with van der Waals surface area (Å²) in [7, 11) is 0. The Morgan fingerprint density at radius 2 is 2.36 bits per heavy atom. The first-order valence-electron chi connectivity index (χ1n) is 3.91. The monoisotopic (exact) mass is 212 g/mol. The lowest BCUT2D eigenvalue weighted by atomic mass is 9.97. The number of rotatable bonds is 2. The second-order valence-electron chi connectivity index (χ2n) is 2.89. The minimum Gasteiger partial charge on any atom is -0.327 e. The highest BCUT2D eigenvalue weighted by Crippen LogP contribution is 2.23. The molecule has 1 aliphatic rings. The third-order valence-electron chi connectivity index (χ3n) is 2.12. The van der Waals surface area contributed by atoms with Crippen molar-refractivity contribution in [1.29, 1.82) is 0 Å². The Kier molecular flexibility index (Phi) is 1.97. The highest BCUT2D eigenvalue weighted by molar-refractivity contribution is 7.07. The first-order chi connectivity index (χ1) is 6.69. The SMILES string of the molecule is NCC1(c2cscn2)NC(=O)NC1=O. The highest BCUT2D eigenvalue weighted by atomic mass is 32.1. The van der Waals surface area contributed by atoms with Crippen LogP contribution in [-0.2, 0) is 10.3 Å². The molecule has 1 aromatic heterocycles. The normalized spacial score (nSPS) is 26.1. The number of nitrogens with one attached hydrogen (secondary N) is 2. The van der Waals surface area contributed by atoms with E-state index >= 15 is 0 Å². The van der Waals surface area contributed by atoms with E-state index in [1.807, 2.05) is 0 Å². The van der Waals surface area contributed by atoms with Crippen molar-refractivity contribution in [2.75, 3.05) is 6.54 Å². The molecule has 1 aliphatic heterocycles. The number of urea groups is 1. The van der Waals surface area contributed by atoms with E-state index in [2.05, 4.69) is 15.6 Å². The van der Waals surface area contributed by atoms with Crippen LogP contribution in [0.15, 0.2) is 10.9 Å². The Bertz CT molecular complexity index is 377. The van der Waals surface area contributed by atoms with E-state index in [1.54, 1.807) is 10.9 Å². The maximum Gasteiger partial charge on any atom is 0.322 e. The molecule has 6 nitrogen and oxygen atoms in total. The van der Waals surface area contributed by atoms with Gasteiger partial charge < -0.3 is 11.1 Å². The van der Waals surface area contributed by atoms with Gasteiger partial charge in [-0.1, -0.05) is 0 Å². The average Bonchev–Trinajstić information content (AvgIpc) is 2.73. The topological polar surface area (TPSA) is 97.1 Å². The lowest BCUT2D eigenvalue weighted by molar-refractivity contribution is -0.124. The second kappa shape index (κ2) is 3.03. The quantitative estimate of drug-likeness (QED) is 0.555. The van der Waals surface area contributed by atoms with Gasteiger partial charge >= 0.3 is 6.03 Å². The van der Waals surface area contributed by atoms with Crippen LogP contribution in [0.25, 0.3) is 0 Å². The molecule has 1 fully saturated rings. The summed E-state index contributed by atoms with van der Waals surface area (Å²) in [4.78, 5) is 26.5. The van der Waals surface area contributed by atoms with Gasteiger partial charge in [-0.25, -0.2) is 9.78 Å². The van der Waals surface area contributed by atoms with Gasteiger partial charge in [-0.2, -0.15) is 0 Å². The van der Waals surface area contributed by atoms with Crippen molar-refractivity contribution in [1.82, 2.24) is 15.6 Å². The fraction of sp³-hybridized carbons (Fsp3) is 0.286. The molecule has 0 spiro atoms. The summed E-state index contributed by atoms with van der Waals surface area (Å²) in [5, 5.41) is 6.32. The predicted molar refractivity (Wildman–Crippen MR) is 49.5 cm³/mol. The number of imide groups is 1. The molecule has 0 aromatic carbocycles. The Labute approximate surface area is 83.5 Å². The minimum atomic E-state index is -1.18. The molecule has 74 valence electrons. The number of amides is 3. The first-order valence-corrected chi connectivity index (χ1v) is 4.85. The van der Waals surface area contributed by atoms with Gasteiger partial charge in [-0.05, 0) is 0 Å². The van der Waals surface area contributed by atoms with Crippen molar-refractivity contribution in [3.8, 4) is 0 Å². The molecule has 14 heavy (non-hydrogen) atoms. The smallest absolute Gasteiger partial charge is 0.322 e. The van der Waals surface area contributed by atoms with Gasteiger partial charge in [0.05, 0.1) is 11.2 Å². The fourth-order valence-corrected chi connectivity index (χ4v) is 1.97. The van der Waals surface area contributed by atoms with Gasteiger partial charge in [0.25, 0.3) is 5.91 Å². The number of nitrogens with zero attached hydrogens (tertiary/aromatic N) is 1. The van der Waals surface area contributed by atoms with Crippen molar-refractivity contribution in [2.24, 2.45) is 5.73 Å². The molecular weight excluding hydrogens is 204 g/mol. The zero-order valence-corrected chi connectivity index (χ0v) is 7.93. The number of hydrogen-bond donors (Lipinski definition) is 3. The standard InChI is InChI=1S/C7H8N4O2S/c8-2-7(4-1-14-3-9-4)5(12)10-6(13)11-7/h1,3H,2,8H2,(H2,10,11,12,13). The summed E-state index contributed by atoms with van der Waals surface area (Å²) in [5.74, 6) is -0.448. The van der Waals surface area contributed by atoms with Crippen LogP contribution >= 0.6 is 11.3 Å². The van der Waals surface area contributed by atoms with E-state index in [1.165, 1.54) is 11.3 Å². The van der Waals surface area contributed by atoms with E-state index in [0.717, 1.165) is 0 Å².